The van der Waals surface area contributed by atoms with E-state index in [1.165, 1.54) is 16.2 Å². The van der Waals surface area contributed by atoms with Crippen molar-refractivity contribution in [3.63, 3.8) is 0 Å². The average molecular weight is 423 g/mol. The van der Waals surface area contributed by atoms with Crippen LogP contribution in [0.5, 0.6) is 0 Å². The largest absolute Gasteiger partial charge is 0.336 e. The van der Waals surface area contributed by atoms with Gasteiger partial charge in [0.25, 0.3) is 0 Å². The lowest BCUT2D eigenvalue weighted by Crippen LogP contribution is -2.51. The highest BCUT2D eigenvalue weighted by atomic mass is 35.5. The summed E-state index contributed by atoms with van der Waals surface area (Å²) < 4.78 is 0.679. The topological polar surface area (TPSA) is 57.7 Å². The number of hydrogen-bond donors (Lipinski definition) is 0. The second-order valence-electron chi connectivity index (χ2n) is 7.91. The number of carbonyl (C=O) groups excluding carboxylic acids is 3. The van der Waals surface area contributed by atoms with E-state index in [4.69, 9.17) is 11.6 Å². The van der Waals surface area contributed by atoms with Crippen molar-refractivity contribution >= 4 is 40.7 Å². The van der Waals surface area contributed by atoms with Crippen molar-refractivity contribution in [2.45, 2.75) is 52.6 Å². The van der Waals surface area contributed by atoms with Crippen LogP contribution in [0.3, 0.4) is 0 Å². The maximum absolute atomic E-state index is 13.4. The molecule has 3 atom stereocenters. The van der Waals surface area contributed by atoms with Crippen LogP contribution >= 0.6 is 22.9 Å². The smallest absolute Gasteiger partial charge is 0.246 e. The molecular formula is C21H27ClN2O3S. The van der Waals surface area contributed by atoms with E-state index in [2.05, 4.69) is 0 Å². The molecule has 0 radical (unpaired) electrons. The van der Waals surface area contributed by atoms with E-state index in [0.29, 0.717) is 36.7 Å². The minimum atomic E-state index is -0.735. The zero-order valence-corrected chi connectivity index (χ0v) is 18.1. The van der Waals surface area contributed by atoms with Crippen molar-refractivity contribution in [2.75, 3.05) is 6.54 Å². The third-order valence-electron chi connectivity index (χ3n) is 5.50. The van der Waals surface area contributed by atoms with Gasteiger partial charge >= 0.3 is 0 Å². The van der Waals surface area contributed by atoms with Gasteiger partial charge in [0.05, 0.1) is 22.7 Å². The number of thiophene rings is 1. The van der Waals surface area contributed by atoms with E-state index in [1.54, 1.807) is 4.90 Å². The molecule has 5 nitrogen and oxygen atoms in total. The number of nitrogens with zero attached hydrogens (tertiary/aromatic N) is 2. The SMILES string of the molecule is CCN(Cc1ccc(Cl)s1)C(=O)[C@H](CC(C)C)N1C(=O)[C@H]2CC=CC[C@H]2C1=O. The molecule has 2 aliphatic rings. The van der Waals surface area contributed by atoms with Gasteiger partial charge in [-0.2, -0.15) is 0 Å². The van der Waals surface area contributed by atoms with Gasteiger partial charge in [0.15, 0.2) is 0 Å². The molecule has 2 heterocycles. The summed E-state index contributed by atoms with van der Waals surface area (Å²) in [6, 6.07) is 2.99. The van der Waals surface area contributed by atoms with E-state index < -0.39 is 6.04 Å². The number of fused-ring (bicyclic) bond motifs is 1. The lowest BCUT2D eigenvalue weighted by molar-refractivity contribution is -0.152. The molecule has 1 aromatic rings. The molecule has 1 aliphatic carbocycles. The molecule has 1 aromatic heterocycles. The van der Waals surface area contributed by atoms with Gasteiger partial charge in [0.2, 0.25) is 17.7 Å². The summed E-state index contributed by atoms with van der Waals surface area (Å²) in [7, 11) is 0. The molecule has 0 unspecified atom stereocenters. The average Bonchev–Trinajstić information content (AvgIpc) is 3.19. The number of amides is 3. The van der Waals surface area contributed by atoms with E-state index in [9.17, 15) is 14.4 Å². The lowest BCUT2D eigenvalue weighted by Gasteiger charge is -2.32. The summed E-state index contributed by atoms with van der Waals surface area (Å²) in [6.07, 6.45) is 5.58. The highest BCUT2D eigenvalue weighted by molar-refractivity contribution is 7.16. The Morgan fingerprint density at radius 2 is 1.82 bits per heavy atom. The molecule has 0 aromatic carbocycles. The summed E-state index contributed by atoms with van der Waals surface area (Å²) in [6.45, 7) is 6.88. The first-order valence-electron chi connectivity index (χ1n) is 9.88. The minimum absolute atomic E-state index is 0.158. The normalized spacial score (nSPS) is 22.7. The van der Waals surface area contributed by atoms with Crippen molar-refractivity contribution < 1.29 is 14.4 Å². The number of likely N-dealkylation sites (tertiary alicyclic amines) is 1. The monoisotopic (exact) mass is 422 g/mol. The summed E-state index contributed by atoms with van der Waals surface area (Å²) in [4.78, 5) is 43.5. The number of rotatable bonds is 7. The van der Waals surface area contributed by atoms with Gasteiger partial charge < -0.3 is 4.90 Å². The summed E-state index contributed by atoms with van der Waals surface area (Å²) in [5.74, 6) is -0.973. The molecule has 3 amide bonds. The minimum Gasteiger partial charge on any atom is -0.336 e. The number of hydrogen-bond acceptors (Lipinski definition) is 4. The first-order valence-corrected chi connectivity index (χ1v) is 11.1. The molecule has 1 aliphatic heterocycles. The Bertz CT molecular complexity index is 762. The molecule has 1 saturated heterocycles. The fraction of sp³-hybridized carbons (Fsp3) is 0.571. The molecular weight excluding hydrogens is 396 g/mol. The predicted molar refractivity (Wildman–Crippen MR) is 111 cm³/mol. The van der Waals surface area contributed by atoms with E-state index in [1.807, 2.05) is 45.1 Å². The Labute approximate surface area is 175 Å². The number of carbonyl (C=O) groups is 3. The standard InChI is InChI=1S/C21H27ClN2O3S/c1-4-23(12-14-9-10-18(22)28-14)21(27)17(11-13(2)3)24-19(25)15-7-5-6-8-16(15)20(24)26/h5-6,9-10,13,15-17H,4,7-8,11-12H2,1-3H3/t15-,16+,17-/m0/s1. The summed E-state index contributed by atoms with van der Waals surface area (Å²) in [5.41, 5.74) is 0. The molecule has 1 fully saturated rings. The van der Waals surface area contributed by atoms with Crippen LogP contribution in [0.2, 0.25) is 4.34 Å². The first-order chi connectivity index (χ1) is 13.3. The molecule has 28 heavy (non-hydrogen) atoms. The summed E-state index contributed by atoms with van der Waals surface area (Å²) >= 11 is 7.46. The Hall–Kier alpha value is -1.66. The van der Waals surface area contributed by atoms with Gasteiger partial charge in [0, 0.05) is 11.4 Å². The molecule has 152 valence electrons. The van der Waals surface area contributed by atoms with Gasteiger partial charge in [-0.15, -0.1) is 11.3 Å². The Kier molecular flexibility index (Phi) is 6.61. The van der Waals surface area contributed by atoms with Crippen LogP contribution in [0.25, 0.3) is 0 Å². The zero-order chi connectivity index (χ0) is 20.4. The van der Waals surface area contributed by atoms with Crippen LogP contribution in [-0.2, 0) is 20.9 Å². The number of likely N-dealkylation sites (N-methyl/N-ethyl adjacent to an activating group) is 1. The Balaban J connectivity index is 1.85. The van der Waals surface area contributed by atoms with Gasteiger partial charge in [-0.25, -0.2) is 0 Å². The highest BCUT2D eigenvalue weighted by Crippen LogP contribution is 2.37. The van der Waals surface area contributed by atoms with Crippen LogP contribution in [0.15, 0.2) is 24.3 Å². The van der Waals surface area contributed by atoms with Gasteiger partial charge in [-0.3, -0.25) is 19.3 Å². The van der Waals surface area contributed by atoms with E-state index >= 15 is 0 Å². The quantitative estimate of drug-likeness (QED) is 0.490. The Morgan fingerprint density at radius 1 is 1.21 bits per heavy atom. The van der Waals surface area contributed by atoms with Crippen LogP contribution in [0.1, 0.15) is 44.9 Å². The molecule has 7 heteroatoms. The van der Waals surface area contributed by atoms with Gasteiger partial charge in [-0.05, 0) is 44.2 Å². The van der Waals surface area contributed by atoms with Crippen molar-refractivity contribution in [3.05, 3.63) is 33.5 Å². The van der Waals surface area contributed by atoms with Crippen molar-refractivity contribution in [1.29, 1.82) is 0 Å². The van der Waals surface area contributed by atoms with Gasteiger partial charge in [0.1, 0.15) is 6.04 Å². The number of allylic oxidation sites excluding steroid dienone is 2. The zero-order valence-electron chi connectivity index (χ0n) is 16.6. The molecule has 0 bridgehead atoms. The maximum atomic E-state index is 13.4. The van der Waals surface area contributed by atoms with E-state index in [-0.39, 0.29) is 35.5 Å². The molecule has 3 rings (SSSR count). The second-order valence-corrected chi connectivity index (χ2v) is 9.71. The van der Waals surface area contributed by atoms with Gasteiger partial charge in [-0.1, -0.05) is 37.6 Å². The van der Waals surface area contributed by atoms with Crippen LogP contribution in [-0.4, -0.2) is 40.1 Å². The molecule has 0 N–H and O–H groups in total. The van der Waals surface area contributed by atoms with Crippen molar-refractivity contribution in [1.82, 2.24) is 9.80 Å². The molecule has 0 saturated carbocycles. The van der Waals surface area contributed by atoms with Crippen LogP contribution < -0.4 is 0 Å². The van der Waals surface area contributed by atoms with Crippen molar-refractivity contribution in [3.8, 4) is 0 Å². The number of halogens is 1. The summed E-state index contributed by atoms with van der Waals surface area (Å²) in [5, 5.41) is 0. The van der Waals surface area contributed by atoms with Crippen LogP contribution in [0, 0.1) is 17.8 Å². The number of imide groups is 1. The highest BCUT2D eigenvalue weighted by Gasteiger charge is 2.51. The predicted octanol–water partition coefficient (Wildman–Crippen LogP) is 4.12. The molecule has 0 spiro atoms. The van der Waals surface area contributed by atoms with Crippen LogP contribution in [0.4, 0.5) is 0 Å². The lowest BCUT2D eigenvalue weighted by atomic mass is 9.85. The Morgan fingerprint density at radius 3 is 2.29 bits per heavy atom. The second kappa shape index (κ2) is 8.78. The maximum Gasteiger partial charge on any atom is 0.246 e. The van der Waals surface area contributed by atoms with Crippen molar-refractivity contribution in [2.24, 2.45) is 17.8 Å². The fourth-order valence-electron chi connectivity index (χ4n) is 4.08. The fourth-order valence-corrected chi connectivity index (χ4v) is 5.18. The third kappa shape index (κ3) is 4.18. The first kappa shape index (κ1) is 21.1. The van der Waals surface area contributed by atoms with E-state index in [0.717, 1.165) is 4.88 Å². The third-order valence-corrected chi connectivity index (χ3v) is 6.72.